The lowest BCUT2D eigenvalue weighted by Crippen LogP contribution is -2.11. The van der Waals surface area contributed by atoms with Crippen molar-refractivity contribution in [2.75, 3.05) is 0 Å². The van der Waals surface area contributed by atoms with Crippen LogP contribution in [0.4, 0.5) is 0 Å². The van der Waals surface area contributed by atoms with Crippen LogP contribution in [0, 0.1) is 0 Å². The second-order valence-electron chi connectivity index (χ2n) is 3.72. The molecule has 2 aromatic rings. The second kappa shape index (κ2) is 6.12. The van der Waals surface area contributed by atoms with Crippen molar-refractivity contribution in [2.45, 2.75) is 36.1 Å². The van der Waals surface area contributed by atoms with Crippen molar-refractivity contribution in [2.24, 2.45) is 0 Å². The first-order valence-corrected chi connectivity index (χ1v) is 7.56. The van der Waals surface area contributed by atoms with Crippen molar-refractivity contribution in [3.63, 3.8) is 0 Å². The predicted octanol–water partition coefficient (Wildman–Crippen LogP) is 2.91. The number of aromatic carboxylic acids is 1. The van der Waals surface area contributed by atoms with E-state index in [4.69, 9.17) is 0 Å². The van der Waals surface area contributed by atoms with E-state index in [1.807, 2.05) is 19.2 Å². The van der Waals surface area contributed by atoms with E-state index in [9.17, 15) is 9.90 Å². The predicted molar refractivity (Wildman–Crippen MR) is 74.0 cm³/mol. The molecule has 0 atom stereocenters. The van der Waals surface area contributed by atoms with Gasteiger partial charge >= 0.3 is 5.97 Å². The number of hydrogen-bond acceptors (Lipinski definition) is 6. The molecule has 0 saturated heterocycles. The molecule has 100 valence electrons. The zero-order chi connectivity index (χ0) is 13.8. The third-order valence-corrected chi connectivity index (χ3v) is 4.48. The fourth-order valence-corrected chi connectivity index (χ4v) is 3.42. The van der Waals surface area contributed by atoms with Gasteiger partial charge in [0.25, 0.3) is 0 Å². The van der Waals surface area contributed by atoms with Crippen molar-refractivity contribution >= 4 is 29.1 Å². The van der Waals surface area contributed by atoms with Crippen LogP contribution in [0.5, 0.6) is 0 Å². The summed E-state index contributed by atoms with van der Waals surface area (Å²) in [5.74, 6) is -0.958. The number of aryl methyl sites for hydroxylation is 1. The summed E-state index contributed by atoms with van der Waals surface area (Å²) in [5.41, 5.74) is 1.78. The van der Waals surface area contributed by atoms with Crippen LogP contribution in [0.3, 0.4) is 0 Å². The van der Waals surface area contributed by atoms with Crippen molar-refractivity contribution in [3.05, 3.63) is 28.4 Å². The van der Waals surface area contributed by atoms with Gasteiger partial charge in [0.15, 0.2) is 4.34 Å². The minimum Gasteiger partial charge on any atom is -0.478 e. The number of thiazole rings is 1. The number of carboxylic acid groups (broad SMARTS) is 1. The van der Waals surface area contributed by atoms with Crippen molar-refractivity contribution in [1.29, 1.82) is 0 Å². The molecule has 2 aromatic heterocycles. The van der Waals surface area contributed by atoms with Crippen LogP contribution in [0.25, 0.3) is 0 Å². The Bertz CT molecular complexity index is 585. The van der Waals surface area contributed by atoms with Crippen molar-refractivity contribution in [3.8, 4) is 0 Å². The van der Waals surface area contributed by atoms with Gasteiger partial charge in [0.05, 0.1) is 11.3 Å². The highest BCUT2D eigenvalue weighted by Crippen LogP contribution is 2.32. The van der Waals surface area contributed by atoms with Crippen LogP contribution in [-0.2, 0) is 12.8 Å². The average Bonchev–Trinajstić information content (AvgIpc) is 2.90. The van der Waals surface area contributed by atoms with Gasteiger partial charge in [0.2, 0.25) is 0 Å². The maximum Gasteiger partial charge on any atom is 0.338 e. The first-order valence-electron chi connectivity index (χ1n) is 5.86. The molecule has 2 rings (SSSR count). The van der Waals surface area contributed by atoms with Gasteiger partial charge in [-0.25, -0.2) is 9.78 Å². The summed E-state index contributed by atoms with van der Waals surface area (Å²) in [6.45, 7) is 3.88. The van der Waals surface area contributed by atoms with Crippen LogP contribution < -0.4 is 0 Å². The van der Waals surface area contributed by atoms with Crippen molar-refractivity contribution in [1.82, 2.24) is 15.2 Å². The molecule has 0 aliphatic rings. The molecule has 1 N–H and O–H groups in total. The van der Waals surface area contributed by atoms with Crippen LogP contribution in [0.1, 0.15) is 35.5 Å². The number of carboxylic acids is 1. The Morgan fingerprint density at radius 2 is 2.16 bits per heavy atom. The maximum absolute atomic E-state index is 11.5. The minimum atomic E-state index is -0.958. The van der Waals surface area contributed by atoms with Gasteiger partial charge in [-0.3, -0.25) is 0 Å². The molecule has 0 saturated carbocycles. The molecule has 19 heavy (non-hydrogen) atoms. The highest BCUT2D eigenvalue weighted by atomic mass is 32.2. The molecule has 0 fully saturated rings. The Kier molecular flexibility index (Phi) is 4.49. The van der Waals surface area contributed by atoms with E-state index in [0.29, 0.717) is 17.9 Å². The summed E-state index contributed by atoms with van der Waals surface area (Å²) in [4.78, 5) is 15.6. The standard InChI is InChI=1S/C12H13N3O2S2/c1-3-7-8(4-2)14-15-10(9(7)11(16)17)19-12-13-5-6-18-12/h5-6H,3-4H2,1-2H3,(H,16,17). The summed E-state index contributed by atoms with van der Waals surface area (Å²) in [5, 5.41) is 19.9. The summed E-state index contributed by atoms with van der Waals surface area (Å²) >= 11 is 2.70. The Hall–Kier alpha value is -1.47. The Labute approximate surface area is 119 Å². The van der Waals surface area contributed by atoms with E-state index >= 15 is 0 Å². The molecule has 0 amide bonds. The van der Waals surface area contributed by atoms with Crippen LogP contribution in [0.2, 0.25) is 0 Å². The molecular weight excluding hydrogens is 282 g/mol. The highest BCUT2D eigenvalue weighted by molar-refractivity contribution is 8.01. The molecule has 0 aliphatic heterocycles. The van der Waals surface area contributed by atoms with E-state index in [1.165, 1.54) is 23.1 Å². The first kappa shape index (κ1) is 14.0. The van der Waals surface area contributed by atoms with Gasteiger partial charge in [0.1, 0.15) is 5.03 Å². The quantitative estimate of drug-likeness (QED) is 0.914. The van der Waals surface area contributed by atoms with Gasteiger partial charge in [-0.15, -0.1) is 16.4 Å². The molecule has 0 bridgehead atoms. The zero-order valence-corrected chi connectivity index (χ0v) is 12.2. The third-order valence-electron chi connectivity index (χ3n) is 2.62. The van der Waals surface area contributed by atoms with Crippen molar-refractivity contribution < 1.29 is 9.90 Å². The lowest BCUT2D eigenvalue weighted by molar-refractivity contribution is 0.0690. The van der Waals surface area contributed by atoms with Crippen LogP contribution >= 0.6 is 23.1 Å². The van der Waals surface area contributed by atoms with Crippen LogP contribution in [-0.4, -0.2) is 26.3 Å². The van der Waals surface area contributed by atoms with Gasteiger partial charge < -0.3 is 5.11 Å². The van der Waals surface area contributed by atoms with Gasteiger partial charge in [-0.2, -0.15) is 5.10 Å². The number of nitrogens with zero attached hydrogens (tertiary/aromatic N) is 3. The Balaban J connectivity index is 2.51. The lowest BCUT2D eigenvalue weighted by Gasteiger charge is -2.10. The van der Waals surface area contributed by atoms with E-state index in [-0.39, 0.29) is 5.56 Å². The SMILES string of the molecule is CCc1nnc(Sc2nccs2)c(C(=O)O)c1CC. The maximum atomic E-state index is 11.5. The normalized spacial score (nSPS) is 10.6. The Morgan fingerprint density at radius 3 is 2.68 bits per heavy atom. The van der Waals surface area contributed by atoms with E-state index in [1.54, 1.807) is 6.20 Å². The molecule has 0 radical (unpaired) electrons. The molecule has 0 aromatic carbocycles. The number of hydrogen-bond donors (Lipinski definition) is 1. The molecule has 5 nitrogen and oxygen atoms in total. The largest absolute Gasteiger partial charge is 0.478 e. The fraction of sp³-hybridized carbons (Fsp3) is 0.333. The summed E-state index contributed by atoms with van der Waals surface area (Å²) in [7, 11) is 0. The molecular formula is C12H13N3O2S2. The smallest absolute Gasteiger partial charge is 0.338 e. The van der Waals surface area contributed by atoms with Crippen LogP contribution in [0.15, 0.2) is 20.9 Å². The minimum absolute atomic E-state index is 0.259. The molecule has 0 spiro atoms. The first-order chi connectivity index (χ1) is 9.17. The fourth-order valence-electron chi connectivity index (χ4n) is 1.79. The number of aromatic nitrogens is 3. The molecule has 7 heteroatoms. The highest BCUT2D eigenvalue weighted by Gasteiger charge is 2.21. The number of rotatable bonds is 5. The Morgan fingerprint density at radius 1 is 1.37 bits per heavy atom. The lowest BCUT2D eigenvalue weighted by atomic mass is 10.0. The monoisotopic (exact) mass is 295 g/mol. The van der Waals surface area contributed by atoms with Gasteiger partial charge in [-0.05, 0) is 30.2 Å². The van der Waals surface area contributed by atoms with Gasteiger partial charge in [0, 0.05) is 11.6 Å². The van der Waals surface area contributed by atoms with Gasteiger partial charge in [-0.1, -0.05) is 13.8 Å². The molecule has 0 aliphatic carbocycles. The third kappa shape index (κ3) is 2.93. The summed E-state index contributed by atoms with van der Waals surface area (Å²) < 4.78 is 0.767. The van der Waals surface area contributed by atoms with E-state index in [0.717, 1.165) is 15.6 Å². The molecule has 2 heterocycles. The number of carbonyl (C=O) groups is 1. The summed E-state index contributed by atoms with van der Waals surface area (Å²) in [6, 6.07) is 0. The average molecular weight is 295 g/mol. The zero-order valence-electron chi connectivity index (χ0n) is 10.6. The molecule has 0 unspecified atom stereocenters. The second-order valence-corrected chi connectivity index (χ2v) is 5.85. The van der Waals surface area contributed by atoms with E-state index in [2.05, 4.69) is 15.2 Å². The summed E-state index contributed by atoms with van der Waals surface area (Å²) in [6.07, 6.45) is 2.99. The topological polar surface area (TPSA) is 76.0 Å². The van der Waals surface area contributed by atoms with E-state index < -0.39 is 5.97 Å².